The molecule has 1 aromatic rings. The van der Waals surface area contributed by atoms with Gasteiger partial charge in [-0.2, -0.15) is 0 Å². The Kier molecular flexibility index (Phi) is 4.71. The van der Waals surface area contributed by atoms with Gasteiger partial charge in [0.1, 0.15) is 0 Å². The first kappa shape index (κ1) is 15.3. The van der Waals surface area contributed by atoms with Gasteiger partial charge in [0, 0.05) is 36.9 Å². The summed E-state index contributed by atoms with van der Waals surface area (Å²) in [5.74, 6) is 0. The van der Waals surface area contributed by atoms with Gasteiger partial charge in [-0.15, -0.1) is 0 Å². The van der Waals surface area contributed by atoms with Crippen molar-refractivity contribution in [2.24, 2.45) is 5.73 Å². The highest BCUT2D eigenvalue weighted by atomic mass is 15.3. The zero-order valence-electron chi connectivity index (χ0n) is 13.6. The Morgan fingerprint density at radius 2 is 1.85 bits per heavy atom. The third-order valence-electron chi connectivity index (χ3n) is 4.52. The van der Waals surface area contributed by atoms with Crippen LogP contribution in [0.1, 0.15) is 31.9 Å². The molecule has 3 unspecified atom stereocenters. The van der Waals surface area contributed by atoms with E-state index in [1.54, 1.807) is 0 Å². The molecule has 3 heteroatoms. The summed E-state index contributed by atoms with van der Waals surface area (Å²) in [6.07, 6.45) is 0.955. The Bertz CT molecular complexity index is 444. The van der Waals surface area contributed by atoms with Crippen LogP contribution in [0.25, 0.3) is 0 Å². The third-order valence-corrected chi connectivity index (χ3v) is 4.52. The van der Waals surface area contributed by atoms with Crippen molar-refractivity contribution in [1.82, 2.24) is 4.90 Å². The van der Waals surface area contributed by atoms with Crippen molar-refractivity contribution in [1.29, 1.82) is 0 Å². The van der Waals surface area contributed by atoms with Crippen LogP contribution in [-0.4, -0.2) is 43.2 Å². The monoisotopic (exact) mass is 275 g/mol. The maximum atomic E-state index is 5.89. The summed E-state index contributed by atoms with van der Waals surface area (Å²) in [6, 6.07) is 8.23. The average molecular weight is 275 g/mol. The van der Waals surface area contributed by atoms with Crippen LogP contribution >= 0.6 is 0 Å². The van der Waals surface area contributed by atoms with E-state index >= 15 is 0 Å². The summed E-state index contributed by atoms with van der Waals surface area (Å²) in [6.45, 7) is 11.1. The first-order valence-electron chi connectivity index (χ1n) is 7.70. The van der Waals surface area contributed by atoms with Crippen LogP contribution < -0.4 is 10.6 Å². The Labute approximate surface area is 123 Å². The van der Waals surface area contributed by atoms with E-state index in [2.05, 4.69) is 62.7 Å². The van der Waals surface area contributed by atoms with Crippen molar-refractivity contribution in [3.8, 4) is 0 Å². The van der Waals surface area contributed by atoms with Crippen LogP contribution in [0, 0.1) is 6.92 Å². The molecule has 1 saturated heterocycles. The summed E-state index contributed by atoms with van der Waals surface area (Å²) in [7, 11) is 2.23. The maximum Gasteiger partial charge on any atom is 0.0397 e. The van der Waals surface area contributed by atoms with Crippen LogP contribution in [0.5, 0.6) is 0 Å². The molecular weight excluding hydrogens is 246 g/mol. The van der Waals surface area contributed by atoms with Gasteiger partial charge < -0.3 is 10.6 Å². The van der Waals surface area contributed by atoms with Crippen molar-refractivity contribution in [2.75, 3.05) is 25.0 Å². The third kappa shape index (κ3) is 3.33. The van der Waals surface area contributed by atoms with Crippen molar-refractivity contribution in [2.45, 2.75) is 52.2 Å². The number of benzene rings is 1. The molecule has 0 spiro atoms. The number of nitrogens with zero attached hydrogens (tertiary/aromatic N) is 2. The summed E-state index contributed by atoms with van der Waals surface area (Å²) in [4.78, 5) is 5.00. The zero-order chi connectivity index (χ0) is 14.9. The van der Waals surface area contributed by atoms with Gasteiger partial charge in [0.15, 0.2) is 0 Å². The van der Waals surface area contributed by atoms with Crippen LogP contribution in [0.2, 0.25) is 0 Å². The van der Waals surface area contributed by atoms with E-state index < -0.39 is 0 Å². The Hall–Kier alpha value is -1.06. The second-order valence-corrected chi connectivity index (χ2v) is 6.57. The number of nitrogens with two attached hydrogens (primary N) is 1. The second kappa shape index (κ2) is 6.15. The van der Waals surface area contributed by atoms with Crippen molar-refractivity contribution >= 4 is 5.69 Å². The van der Waals surface area contributed by atoms with E-state index in [0.29, 0.717) is 12.1 Å². The molecule has 0 radical (unpaired) electrons. The average Bonchev–Trinajstić information content (AvgIpc) is 2.34. The van der Waals surface area contributed by atoms with Gasteiger partial charge in [0.05, 0.1) is 0 Å². The van der Waals surface area contributed by atoms with Gasteiger partial charge >= 0.3 is 0 Å². The summed E-state index contributed by atoms with van der Waals surface area (Å²) in [5, 5.41) is 0. The molecular formula is C17H29N3. The van der Waals surface area contributed by atoms with Gasteiger partial charge in [-0.05, 0) is 58.4 Å². The molecule has 1 aliphatic heterocycles. The van der Waals surface area contributed by atoms with E-state index in [9.17, 15) is 0 Å². The summed E-state index contributed by atoms with van der Waals surface area (Å²) >= 11 is 0. The van der Waals surface area contributed by atoms with E-state index in [1.807, 2.05) is 0 Å². The molecule has 3 nitrogen and oxygen atoms in total. The number of hydrogen-bond acceptors (Lipinski definition) is 3. The lowest BCUT2D eigenvalue weighted by molar-refractivity contribution is 0.170. The largest absolute Gasteiger partial charge is 0.368 e. The fourth-order valence-corrected chi connectivity index (χ4v) is 3.17. The second-order valence-electron chi connectivity index (χ2n) is 6.57. The maximum absolute atomic E-state index is 5.89. The van der Waals surface area contributed by atoms with Crippen molar-refractivity contribution in [3.63, 3.8) is 0 Å². The zero-order valence-corrected chi connectivity index (χ0v) is 13.6. The minimum absolute atomic E-state index is 0.226. The standard InChI is InChI=1S/C17H29N3/c1-12-8-16(9-13(2)18)6-7-17(12)20-10-14(3)19(5)15(4)11-20/h6-8,13-15H,9-11,18H2,1-5H3. The molecule has 1 aromatic carbocycles. The molecule has 0 aliphatic carbocycles. The predicted molar refractivity (Wildman–Crippen MR) is 87.4 cm³/mol. The normalized spacial score (nSPS) is 25.8. The number of likely N-dealkylation sites (N-methyl/N-ethyl adjacent to an activating group) is 1. The summed E-state index contributed by atoms with van der Waals surface area (Å²) in [5.41, 5.74) is 9.98. The quantitative estimate of drug-likeness (QED) is 0.919. The Balaban J connectivity index is 2.17. The number of anilines is 1. The predicted octanol–water partition coefficient (Wildman–Crippen LogP) is 2.41. The number of hydrogen-bond donors (Lipinski definition) is 1. The van der Waals surface area contributed by atoms with Gasteiger partial charge in [-0.1, -0.05) is 12.1 Å². The van der Waals surface area contributed by atoms with Gasteiger partial charge in [-0.25, -0.2) is 0 Å². The molecule has 1 aliphatic rings. The molecule has 1 fully saturated rings. The van der Waals surface area contributed by atoms with Crippen molar-refractivity contribution in [3.05, 3.63) is 29.3 Å². The van der Waals surface area contributed by atoms with Crippen LogP contribution in [0.15, 0.2) is 18.2 Å². The molecule has 1 heterocycles. The molecule has 2 N–H and O–H groups in total. The van der Waals surface area contributed by atoms with Gasteiger partial charge in [-0.3, -0.25) is 4.90 Å². The Morgan fingerprint density at radius 3 is 2.35 bits per heavy atom. The lowest BCUT2D eigenvalue weighted by Gasteiger charge is -2.44. The molecule has 0 amide bonds. The van der Waals surface area contributed by atoms with E-state index in [4.69, 9.17) is 5.73 Å². The molecule has 0 saturated carbocycles. The molecule has 112 valence electrons. The molecule has 0 bridgehead atoms. The van der Waals surface area contributed by atoms with Crippen LogP contribution in [-0.2, 0) is 6.42 Å². The lowest BCUT2D eigenvalue weighted by atomic mass is 10.0. The van der Waals surface area contributed by atoms with Crippen LogP contribution in [0.4, 0.5) is 5.69 Å². The van der Waals surface area contributed by atoms with E-state index in [-0.39, 0.29) is 6.04 Å². The lowest BCUT2D eigenvalue weighted by Crippen LogP contribution is -2.55. The fourth-order valence-electron chi connectivity index (χ4n) is 3.17. The molecule has 20 heavy (non-hydrogen) atoms. The topological polar surface area (TPSA) is 32.5 Å². The fraction of sp³-hybridized carbons (Fsp3) is 0.647. The van der Waals surface area contributed by atoms with E-state index in [0.717, 1.165) is 19.5 Å². The van der Waals surface area contributed by atoms with Gasteiger partial charge in [0.2, 0.25) is 0 Å². The molecule has 3 atom stereocenters. The number of rotatable bonds is 3. The minimum atomic E-state index is 0.226. The van der Waals surface area contributed by atoms with Gasteiger partial charge in [0.25, 0.3) is 0 Å². The number of piperazine rings is 1. The SMILES string of the molecule is Cc1cc(CC(C)N)ccc1N1CC(C)N(C)C(C)C1. The highest BCUT2D eigenvalue weighted by Gasteiger charge is 2.27. The van der Waals surface area contributed by atoms with Crippen LogP contribution in [0.3, 0.4) is 0 Å². The first-order valence-corrected chi connectivity index (χ1v) is 7.70. The van der Waals surface area contributed by atoms with Crippen molar-refractivity contribution < 1.29 is 0 Å². The highest BCUT2D eigenvalue weighted by Crippen LogP contribution is 2.26. The van der Waals surface area contributed by atoms with E-state index in [1.165, 1.54) is 16.8 Å². The molecule has 0 aromatic heterocycles. The highest BCUT2D eigenvalue weighted by molar-refractivity contribution is 5.55. The first-order chi connectivity index (χ1) is 9.38. The smallest absolute Gasteiger partial charge is 0.0397 e. The Morgan fingerprint density at radius 1 is 1.25 bits per heavy atom. The molecule has 2 rings (SSSR count). The summed E-state index contributed by atoms with van der Waals surface area (Å²) < 4.78 is 0. The number of aryl methyl sites for hydroxylation is 1. The minimum Gasteiger partial charge on any atom is -0.368 e.